The molecule has 0 unspecified atom stereocenters. The number of nitrogens with zero attached hydrogens (tertiary/aromatic N) is 1. The van der Waals surface area contributed by atoms with E-state index in [1.165, 1.54) is 0 Å². The summed E-state index contributed by atoms with van der Waals surface area (Å²) in [5, 5.41) is 3.37. The van der Waals surface area contributed by atoms with E-state index in [1.807, 2.05) is 30.0 Å². The molecular weight excluding hydrogens is 252 g/mol. The van der Waals surface area contributed by atoms with Crippen LogP contribution in [0.25, 0.3) is 0 Å². The molecule has 0 bridgehead atoms. The smallest absolute Gasteiger partial charge is 0.253 e. The molecule has 0 saturated carbocycles. The van der Waals surface area contributed by atoms with Crippen LogP contribution in [-0.2, 0) is 4.74 Å². The Bertz CT molecular complexity index is 452. The largest absolute Gasteiger partial charge is 0.385 e. The van der Waals surface area contributed by atoms with Gasteiger partial charge in [0, 0.05) is 37.5 Å². The number of benzene rings is 1. The Morgan fingerprint density at radius 2 is 2.20 bits per heavy atom. The molecule has 110 valence electrons. The van der Waals surface area contributed by atoms with Crippen LogP contribution in [0.5, 0.6) is 0 Å². The summed E-state index contributed by atoms with van der Waals surface area (Å²) in [6, 6.07) is 5.90. The maximum atomic E-state index is 12.5. The number of nitrogens with one attached hydrogen (secondary N) is 1. The number of amides is 1. The van der Waals surface area contributed by atoms with Gasteiger partial charge in [0.2, 0.25) is 0 Å². The molecule has 1 aliphatic heterocycles. The molecule has 1 aliphatic rings. The molecule has 2 rings (SSSR count). The van der Waals surface area contributed by atoms with Crippen LogP contribution in [0.1, 0.15) is 35.7 Å². The molecule has 1 amide bonds. The average Bonchev–Trinajstić information content (AvgIpc) is 2.74. The third kappa shape index (κ3) is 3.73. The van der Waals surface area contributed by atoms with Gasteiger partial charge in [0.15, 0.2) is 0 Å². The molecule has 1 saturated heterocycles. The van der Waals surface area contributed by atoms with Crippen LogP contribution in [-0.4, -0.2) is 43.7 Å². The summed E-state index contributed by atoms with van der Waals surface area (Å²) in [6.07, 6.45) is 2.01. The summed E-state index contributed by atoms with van der Waals surface area (Å²) < 4.78 is 5.39. The van der Waals surface area contributed by atoms with Crippen molar-refractivity contribution in [3.63, 3.8) is 0 Å². The number of hydrogen-bond donors (Lipinski definition) is 1. The number of carbonyl (C=O) groups is 1. The van der Waals surface area contributed by atoms with E-state index in [4.69, 9.17) is 4.74 Å². The Morgan fingerprint density at radius 3 is 2.95 bits per heavy atom. The lowest BCUT2D eigenvalue weighted by atomic mass is 10.1. The summed E-state index contributed by atoms with van der Waals surface area (Å²) in [6.45, 7) is 8.00. The van der Waals surface area contributed by atoms with E-state index >= 15 is 0 Å². The van der Waals surface area contributed by atoms with Crippen LogP contribution in [0.4, 0.5) is 5.69 Å². The van der Waals surface area contributed by atoms with Gasteiger partial charge in [-0.05, 0) is 43.5 Å². The fourth-order valence-electron chi connectivity index (χ4n) is 2.39. The van der Waals surface area contributed by atoms with E-state index in [-0.39, 0.29) is 5.91 Å². The highest BCUT2D eigenvalue weighted by Crippen LogP contribution is 2.18. The number of hydrogen-bond acceptors (Lipinski definition) is 3. The maximum Gasteiger partial charge on any atom is 0.253 e. The van der Waals surface area contributed by atoms with Crippen LogP contribution in [0, 0.1) is 6.92 Å². The number of ether oxygens (including phenoxy) is 1. The van der Waals surface area contributed by atoms with Crippen LogP contribution in [0.15, 0.2) is 18.2 Å². The maximum absolute atomic E-state index is 12.5. The first-order valence-electron chi connectivity index (χ1n) is 7.44. The van der Waals surface area contributed by atoms with Gasteiger partial charge in [0.25, 0.3) is 5.91 Å². The highest BCUT2D eigenvalue weighted by atomic mass is 16.5. The van der Waals surface area contributed by atoms with Crippen molar-refractivity contribution in [2.24, 2.45) is 0 Å². The molecule has 0 aliphatic carbocycles. The molecule has 0 aromatic heterocycles. The average molecular weight is 276 g/mol. The Hall–Kier alpha value is -1.55. The van der Waals surface area contributed by atoms with Crippen molar-refractivity contribution in [1.29, 1.82) is 0 Å². The molecule has 1 N–H and O–H groups in total. The fourth-order valence-corrected chi connectivity index (χ4v) is 2.39. The normalized spacial score (nSPS) is 15.8. The minimum absolute atomic E-state index is 0.112. The molecule has 1 aromatic carbocycles. The first kappa shape index (κ1) is 14.9. The molecule has 0 atom stereocenters. The second kappa shape index (κ2) is 7.29. The van der Waals surface area contributed by atoms with E-state index in [0.717, 1.165) is 49.4 Å². The molecule has 4 nitrogen and oxygen atoms in total. The first-order valence-corrected chi connectivity index (χ1v) is 7.44. The lowest BCUT2D eigenvalue weighted by molar-refractivity contribution is 0.0741. The number of carbonyl (C=O) groups excluding carboxylic acids is 1. The Morgan fingerprint density at radius 1 is 1.35 bits per heavy atom. The summed E-state index contributed by atoms with van der Waals surface area (Å²) in [5.74, 6) is 0.112. The topological polar surface area (TPSA) is 41.6 Å². The summed E-state index contributed by atoms with van der Waals surface area (Å²) in [4.78, 5) is 14.4. The molecular formula is C16H24N2O2. The standard InChI is InChI=1S/C16H24N2O2/c1-3-7-17-15-6-5-14(12-13(15)2)16(19)18-8-4-10-20-11-9-18/h5-6,12,17H,3-4,7-11H2,1-2H3. The van der Waals surface area contributed by atoms with Crippen molar-refractivity contribution in [1.82, 2.24) is 4.90 Å². The monoisotopic (exact) mass is 276 g/mol. The van der Waals surface area contributed by atoms with Gasteiger partial charge in [-0.15, -0.1) is 0 Å². The van der Waals surface area contributed by atoms with E-state index in [0.29, 0.717) is 13.2 Å². The second-order valence-corrected chi connectivity index (χ2v) is 5.21. The zero-order valence-corrected chi connectivity index (χ0v) is 12.4. The Balaban J connectivity index is 2.07. The predicted molar refractivity (Wildman–Crippen MR) is 81.3 cm³/mol. The molecule has 0 spiro atoms. The molecule has 20 heavy (non-hydrogen) atoms. The Labute approximate surface area is 121 Å². The second-order valence-electron chi connectivity index (χ2n) is 5.21. The van der Waals surface area contributed by atoms with Crippen LogP contribution in [0.3, 0.4) is 0 Å². The summed E-state index contributed by atoms with van der Waals surface area (Å²) >= 11 is 0. The van der Waals surface area contributed by atoms with Gasteiger partial charge in [0.1, 0.15) is 0 Å². The molecule has 4 heteroatoms. The molecule has 1 fully saturated rings. The SMILES string of the molecule is CCCNc1ccc(C(=O)N2CCCOCC2)cc1C. The predicted octanol–water partition coefficient (Wildman–Crippen LogP) is 2.68. The molecule has 1 aromatic rings. The van der Waals surface area contributed by atoms with Crippen LogP contribution < -0.4 is 5.32 Å². The van der Waals surface area contributed by atoms with Crippen molar-refractivity contribution in [3.8, 4) is 0 Å². The minimum Gasteiger partial charge on any atom is -0.385 e. The van der Waals surface area contributed by atoms with Crippen LogP contribution in [0.2, 0.25) is 0 Å². The number of anilines is 1. The first-order chi connectivity index (χ1) is 9.72. The van der Waals surface area contributed by atoms with Gasteiger partial charge < -0.3 is 15.0 Å². The highest BCUT2D eigenvalue weighted by molar-refractivity contribution is 5.95. The highest BCUT2D eigenvalue weighted by Gasteiger charge is 2.17. The van der Waals surface area contributed by atoms with Gasteiger partial charge >= 0.3 is 0 Å². The van der Waals surface area contributed by atoms with E-state index in [9.17, 15) is 4.79 Å². The quantitative estimate of drug-likeness (QED) is 0.919. The van der Waals surface area contributed by atoms with E-state index < -0.39 is 0 Å². The van der Waals surface area contributed by atoms with Gasteiger partial charge in [-0.1, -0.05) is 6.92 Å². The van der Waals surface area contributed by atoms with Crippen molar-refractivity contribution < 1.29 is 9.53 Å². The third-order valence-corrected chi connectivity index (χ3v) is 3.55. The minimum atomic E-state index is 0.112. The fraction of sp³-hybridized carbons (Fsp3) is 0.562. The lowest BCUT2D eigenvalue weighted by Crippen LogP contribution is -2.33. The molecule has 1 heterocycles. The van der Waals surface area contributed by atoms with Crippen molar-refractivity contribution >= 4 is 11.6 Å². The van der Waals surface area contributed by atoms with Gasteiger partial charge in [-0.25, -0.2) is 0 Å². The zero-order chi connectivity index (χ0) is 14.4. The summed E-state index contributed by atoms with van der Waals surface area (Å²) in [5.41, 5.74) is 3.00. The van der Waals surface area contributed by atoms with E-state index in [2.05, 4.69) is 12.2 Å². The molecule has 0 radical (unpaired) electrons. The van der Waals surface area contributed by atoms with Gasteiger partial charge in [-0.3, -0.25) is 4.79 Å². The lowest BCUT2D eigenvalue weighted by Gasteiger charge is -2.20. The van der Waals surface area contributed by atoms with Crippen molar-refractivity contribution in [2.45, 2.75) is 26.7 Å². The zero-order valence-electron chi connectivity index (χ0n) is 12.4. The van der Waals surface area contributed by atoms with Crippen LogP contribution >= 0.6 is 0 Å². The number of aryl methyl sites for hydroxylation is 1. The van der Waals surface area contributed by atoms with Crippen molar-refractivity contribution in [2.75, 3.05) is 38.2 Å². The summed E-state index contributed by atoms with van der Waals surface area (Å²) in [7, 11) is 0. The van der Waals surface area contributed by atoms with Gasteiger partial charge in [-0.2, -0.15) is 0 Å². The van der Waals surface area contributed by atoms with E-state index in [1.54, 1.807) is 0 Å². The van der Waals surface area contributed by atoms with Gasteiger partial charge in [0.05, 0.1) is 6.61 Å². The van der Waals surface area contributed by atoms with Crippen molar-refractivity contribution in [3.05, 3.63) is 29.3 Å². The Kier molecular flexibility index (Phi) is 5.41. The third-order valence-electron chi connectivity index (χ3n) is 3.55. The number of rotatable bonds is 4.